The lowest BCUT2D eigenvalue weighted by molar-refractivity contribution is 0.102. The number of amides is 1. The monoisotopic (exact) mass is 310 g/mol. The van der Waals surface area contributed by atoms with Crippen molar-refractivity contribution in [1.82, 2.24) is 0 Å². The molecule has 23 heavy (non-hydrogen) atoms. The van der Waals surface area contributed by atoms with Crippen molar-refractivity contribution in [1.29, 1.82) is 5.26 Å². The van der Waals surface area contributed by atoms with Gasteiger partial charge in [-0.1, -0.05) is 6.07 Å². The van der Waals surface area contributed by atoms with Crippen LogP contribution in [0.25, 0.3) is 0 Å². The molecule has 5 heteroatoms. The summed E-state index contributed by atoms with van der Waals surface area (Å²) in [7, 11) is 0. The van der Waals surface area contributed by atoms with Gasteiger partial charge in [0.05, 0.1) is 30.5 Å². The minimum atomic E-state index is -0.309. The summed E-state index contributed by atoms with van der Waals surface area (Å²) in [6.45, 7) is 4.78. The number of benzene rings is 2. The van der Waals surface area contributed by atoms with Gasteiger partial charge >= 0.3 is 0 Å². The molecule has 2 rings (SSSR count). The van der Waals surface area contributed by atoms with E-state index in [2.05, 4.69) is 5.32 Å². The Kier molecular flexibility index (Phi) is 5.59. The van der Waals surface area contributed by atoms with Gasteiger partial charge in [0.15, 0.2) is 0 Å². The Bertz CT molecular complexity index is 735. The van der Waals surface area contributed by atoms with Gasteiger partial charge in [0.25, 0.3) is 5.91 Å². The largest absolute Gasteiger partial charge is 0.494 e. The first-order valence-corrected chi connectivity index (χ1v) is 7.39. The van der Waals surface area contributed by atoms with Gasteiger partial charge in [0, 0.05) is 11.6 Å². The molecule has 0 radical (unpaired) electrons. The van der Waals surface area contributed by atoms with Gasteiger partial charge in [-0.15, -0.1) is 0 Å². The van der Waals surface area contributed by atoms with Crippen molar-refractivity contribution in [2.45, 2.75) is 13.8 Å². The second-order valence-electron chi connectivity index (χ2n) is 4.67. The zero-order valence-electron chi connectivity index (χ0n) is 13.1. The first kappa shape index (κ1) is 16.4. The minimum absolute atomic E-state index is 0.309. The molecule has 2 aromatic rings. The van der Waals surface area contributed by atoms with Crippen LogP contribution in [0.2, 0.25) is 0 Å². The number of nitrogens with one attached hydrogen (secondary N) is 1. The van der Waals surface area contributed by atoms with E-state index in [0.717, 1.165) is 0 Å². The number of hydrogen-bond donors (Lipinski definition) is 1. The van der Waals surface area contributed by atoms with Crippen molar-refractivity contribution in [2.24, 2.45) is 0 Å². The molecule has 1 N–H and O–H groups in total. The number of rotatable bonds is 6. The fourth-order valence-corrected chi connectivity index (χ4v) is 2.07. The van der Waals surface area contributed by atoms with E-state index >= 15 is 0 Å². The van der Waals surface area contributed by atoms with Crippen LogP contribution in [0.4, 0.5) is 5.69 Å². The highest BCUT2D eigenvalue weighted by molar-refractivity contribution is 6.05. The van der Waals surface area contributed by atoms with E-state index in [9.17, 15) is 4.79 Å². The molecule has 2 aromatic carbocycles. The molecule has 0 saturated carbocycles. The Morgan fingerprint density at radius 1 is 1.13 bits per heavy atom. The Morgan fingerprint density at radius 3 is 2.61 bits per heavy atom. The van der Waals surface area contributed by atoms with Crippen LogP contribution in [0.15, 0.2) is 42.5 Å². The second kappa shape index (κ2) is 7.85. The van der Waals surface area contributed by atoms with Crippen LogP contribution in [0.5, 0.6) is 11.5 Å². The van der Waals surface area contributed by atoms with Crippen LogP contribution in [0, 0.1) is 11.3 Å². The Hall–Kier alpha value is -3.00. The van der Waals surface area contributed by atoms with Crippen molar-refractivity contribution < 1.29 is 14.3 Å². The van der Waals surface area contributed by atoms with E-state index in [0.29, 0.717) is 41.5 Å². The van der Waals surface area contributed by atoms with Gasteiger partial charge in [-0.2, -0.15) is 5.26 Å². The van der Waals surface area contributed by atoms with Gasteiger partial charge in [0.1, 0.15) is 11.5 Å². The van der Waals surface area contributed by atoms with E-state index in [1.807, 2.05) is 19.9 Å². The topological polar surface area (TPSA) is 71.3 Å². The van der Waals surface area contributed by atoms with Crippen molar-refractivity contribution >= 4 is 11.6 Å². The van der Waals surface area contributed by atoms with Crippen molar-refractivity contribution in [2.75, 3.05) is 18.5 Å². The van der Waals surface area contributed by atoms with Crippen LogP contribution >= 0.6 is 0 Å². The quantitative estimate of drug-likeness (QED) is 0.884. The van der Waals surface area contributed by atoms with Gasteiger partial charge in [0.2, 0.25) is 0 Å². The van der Waals surface area contributed by atoms with Crippen LogP contribution in [0.3, 0.4) is 0 Å². The molecule has 0 aliphatic carbocycles. The summed E-state index contributed by atoms with van der Waals surface area (Å²) in [6.07, 6.45) is 0. The second-order valence-corrected chi connectivity index (χ2v) is 4.67. The van der Waals surface area contributed by atoms with E-state index in [1.54, 1.807) is 42.5 Å². The van der Waals surface area contributed by atoms with E-state index in [4.69, 9.17) is 14.7 Å². The SMILES string of the molecule is CCOc1ccc(OCC)c(NC(=O)c2cccc(C#N)c2)c1. The molecule has 0 aromatic heterocycles. The van der Waals surface area contributed by atoms with Gasteiger partial charge < -0.3 is 14.8 Å². The van der Waals surface area contributed by atoms with Crippen LogP contribution in [-0.4, -0.2) is 19.1 Å². The maximum atomic E-state index is 12.4. The third-order valence-corrected chi connectivity index (χ3v) is 3.06. The summed E-state index contributed by atoms with van der Waals surface area (Å²) in [5.74, 6) is 0.912. The van der Waals surface area contributed by atoms with Crippen LogP contribution < -0.4 is 14.8 Å². The summed E-state index contributed by atoms with van der Waals surface area (Å²) in [6, 6.07) is 13.8. The zero-order valence-corrected chi connectivity index (χ0v) is 13.1. The number of hydrogen-bond acceptors (Lipinski definition) is 4. The lowest BCUT2D eigenvalue weighted by Gasteiger charge is -2.13. The predicted octanol–water partition coefficient (Wildman–Crippen LogP) is 3.61. The molecule has 0 aliphatic heterocycles. The minimum Gasteiger partial charge on any atom is -0.494 e. The standard InChI is InChI=1S/C18H18N2O3/c1-3-22-15-8-9-17(23-4-2)16(11-15)20-18(21)14-7-5-6-13(10-14)12-19/h5-11H,3-4H2,1-2H3,(H,20,21). The molecule has 0 unspecified atom stereocenters. The fourth-order valence-electron chi connectivity index (χ4n) is 2.07. The predicted molar refractivity (Wildman–Crippen MR) is 87.9 cm³/mol. The number of ether oxygens (including phenoxy) is 2. The summed E-state index contributed by atoms with van der Waals surface area (Å²) in [5.41, 5.74) is 1.38. The lowest BCUT2D eigenvalue weighted by atomic mass is 10.1. The maximum absolute atomic E-state index is 12.4. The lowest BCUT2D eigenvalue weighted by Crippen LogP contribution is -2.13. The molecule has 0 aliphatic rings. The molecular formula is C18H18N2O3. The highest BCUT2D eigenvalue weighted by atomic mass is 16.5. The number of carbonyl (C=O) groups excluding carboxylic acids is 1. The molecule has 0 bridgehead atoms. The summed E-state index contributed by atoms with van der Waals surface area (Å²) in [5, 5.41) is 11.7. The summed E-state index contributed by atoms with van der Waals surface area (Å²) in [4.78, 5) is 12.4. The smallest absolute Gasteiger partial charge is 0.255 e. The number of anilines is 1. The first-order valence-electron chi connectivity index (χ1n) is 7.39. The Morgan fingerprint density at radius 2 is 1.91 bits per heavy atom. The van der Waals surface area contributed by atoms with E-state index in [1.165, 1.54) is 0 Å². The van der Waals surface area contributed by atoms with Crippen LogP contribution in [0.1, 0.15) is 29.8 Å². The molecular weight excluding hydrogens is 292 g/mol. The van der Waals surface area contributed by atoms with Crippen molar-refractivity contribution in [3.63, 3.8) is 0 Å². The molecule has 1 amide bonds. The third kappa shape index (κ3) is 4.24. The molecule has 0 fully saturated rings. The van der Waals surface area contributed by atoms with Gasteiger partial charge in [-0.05, 0) is 44.2 Å². The maximum Gasteiger partial charge on any atom is 0.255 e. The number of nitrogens with zero attached hydrogens (tertiary/aromatic N) is 1. The van der Waals surface area contributed by atoms with Gasteiger partial charge in [-0.3, -0.25) is 4.79 Å². The highest BCUT2D eigenvalue weighted by Gasteiger charge is 2.12. The number of carbonyl (C=O) groups is 1. The van der Waals surface area contributed by atoms with E-state index in [-0.39, 0.29) is 5.91 Å². The molecule has 0 atom stereocenters. The summed E-state index contributed by atoms with van der Waals surface area (Å²) >= 11 is 0. The molecule has 0 saturated heterocycles. The van der Waals surface area contributed by atoms with Crippen molar-refractivity contribution in [3.05, 3.63) is 53.6 Å². The van der Waals surface area contributed by atoms with Crippen LogP contribution in [-0.2, 0) is 0 Å². The molecule has 118 valence electrons. The van der Waals surface area contributed by atoms with E-state index < -0.39 is 0 Å². The molecule has 5 nitrogen and oxygen atoms in total. The van der Waals surface area contributed by atoms with Crippen molar-refractivity contribution in [3.8, 4) is 17.6 Å². The zero-order chi connectivity index (χ0) is 16.7. The highest BCUT2D eigenvalue weighted by Crippen LogP contribution is 2.30. The number of nitriles is 1. The molecule has 0 heterocycles. The third-order valence-electron chi connectivity index (χ3n) is 3.06. The Balaban J connectivity index is 2.27. The first-order chi connectivity index (χ1) is 11.2. The molecule has 0 spiro atoms. The fraction of sp³-hybridized carbons (Fsp3) is 0.222. The van der Waals surface area contributed by atoms with Gasteiger partial charge in [-0.25, -0.2) is 0 Å². The normalized spacial score (nSPS) is 9.78. The average Bonchev–Trinajstić information content (AvgIpc) is 2.57. The summed E-state index contributed by atoms with van der Waals surface area (Å²) < 4.78 is 11.0. The average molecular weight is 310 g/mol. The Labute approximate surface area is 135 Å².